The van der Waals surface area contributed by atoms with E-state index in [1.165, 1.54) is 17.3 Å². The molecule has 0 atom stereocenters. The van der Waals surface area contributed by atoms with E-state index in [1.807, 2.05) is 18.2 Å². The van der Waals surface area contributed by atoms with Gasteiger partial charge in [-0.1, -0.05) is 42.5 Å². The zero-order valence-corrected chi connectivity index (χ0v) is 16.2. The van der Waals surface area contributed by atoms with Gasteiger partial charge >= 0.3 is 5.97 Å². The fraction of sp³-hybridized carbons (Fsp3) is 0.500. The van der Waals surface area contributed by atoms with E-state index in [0.29, 0.717) is 5.75 Å². The summed E-state index contributed by atoms with van der Waals surface area (Å²) in [6, 6.07) is 10.1. The molecule has 0 aliphatic heterocycles. The lowest BCUT2D eigenvalue weighted by molar-refractivity contribution is -0.136. The number of aliphatic carboxylic acids is 1. The lowest BCUT2D eigenvalue weighted by atomic mass is 9.93. The number of carboxylic acid groups (broad SMARTS) is 1. The molecule has 1 rings (SSSR count). The molecule has 0 amide bonds. The lowest BCUT2D eigenvalue weighted by Gasteiger charge is -2.23. The van der Waals surface area contributed by atoms with Gasteiger partial charge in [-0.25, -0.2) is 0 Å². The Hall–Kier alpha value is -0.680. The molecule has 1 aromatic carbocycles. The van der Waals surface area contributed by atoms with Crippen LogP contribution in [-0.4, -0.2) is 67.2 Å². The van der Waals surface area contributed by atoms with E-state index in [2.05, 4.69) is 12.1 Å². The summed E-state index contributed by atoms with van der Waals surface area (Å²) in [5, 5.41) is 42.5. The summed E-state index contributed by atoms with van der Waals surface area (Å²) < 4.78 is 0.810. The average molecular weight is 409 g/mol. The summed E-state index contributed by atoms with van der Waals surface area (Å²) in [6.07, 6.45) is 0.163. The minimum Gasteiger partial charge on any atom is -0.481 e. The van der Waals surface area contributed by atoms with Gasteiger partial charge in [0.2, 0.25) is 0 Å². The Morgan fingerprint density at radius 2 is 1.48 bits per heavy atom. The maximum atomic E-state index is 10.3. The number of carbonyl (C=O) groups is 1. The van der Waals surface area contributed by atoms with Gasteiger partial charge in [0, 0.05) is 11.5 Å². The molecule has 5 N–H and O–H groups in total. The highest BCUT2D eigenvalue weighted by atomic mass is 32.2. The minimum atomic E-state index is -1.11. The van der Waals surface area contributed by atoms with Gasteiger partial charge in [-0.3, -0.25) is 4.79 Å². The summed E-state index contributed by atoms with van der Waals surface area (Å²) in [7, 11) is 0. The van der Waals surface area contributed by atoms with Gasteiger partial charge in [0.15, 0.2) is 0 Å². The molecule has 142 valence electrons. The topological polar surface area (TPSA) is 118 Å². The molecule has 0 aliphatic carbocycles. The van der Waals surface area contributed by atoms with Gasteiger partial charge in [-0.05, 0) is 5.56 Å². The van der Waals surface area contributed by atoms with Crippen molar-refractivity contribution >= 4 is 45.2 Å². The number of thioether (sulfide) groups is 2. The molecular formula is C16H24O6S3. The first kappa shape index (κ1) is 24.3. The third-order valence-electron chi connectivity index (χ3n) is 3.08. The maximum absolute atomic E-state index is 10.3. The van der Waals surface area contributed by atoms with Crippen LogP contribution in [-0.2, 0) is 10.5 Å². The predicted octanol–water partition coefficient (Wildman–Crippen LogP) is 1.35. The monoisotopic (exact) mass is 408 g/mol. The van der Waals surface area contributed by atoms with Crippen molar-refractivity contribution in [3.63, 3.8) is 0 Å². The number of aliphatic hydroxyl groups excluding tert-OH is 4. The number of hydrogen-bond acceptors (Lipinski definition) is 8. The second-order valence-corrected chi connectivity index (χ2v) is 8.42. The van der Waals surface area contributed by atoms with Crippen molar-refractivity contribution in [1.29, 1.82) is 0 Å². The fourth-order valence-corrected chi connectivity index (χ4v) is 3.39. The van der Waals surface area contributed by atoms with Crippen LogP contribution < -0.4 is 0 Å². The number of thiocarbonyl (C=S) groups is 1. The van der Waals surface area contributed by atoms with E-state index in [1.54, 1.807) is 11.8 Å². The van der Waals surface area contributed by atoms with Crippen molar-refractivity contribution in [2.75, 3.05) is 32.2 Å². The fourth-order valence-electron chi connectivity index (χ4n) is 1.28. The van der Waals surface area contributed by atoms with Crippen LogP contribution in [0.25, 0.3) is 0 Å². The van der Waals surface area contributed by atoms with Crippen molar-refractivity contribution in [3.05, 3.63) is 35.9 Å². The van der Waals surface area contributed by atoms with Crippen LogP contribution >= 0.6 is 35.7 Å². The van der Waals surface area contributed by atoms with Crippen LogP contribution in [0.1, 0.15) is 12.0 Å². The summed E-state index contributed by atoms with van der Waals surface area (Å²) >= 11 is 8.16. The Morgan fingerprint density at radius 3 is 1.88 bits per heavy atom. The zero-order valence-electron chi connectivity index (χ0n) is 13.7. The molecule has 0 heterocycles. The number of hydrogen-bond donors (Lipinski definition) is 5. The minimum absolute atomic E-state index is 0.163. The van der Waals surface area contributed by atoms with Crippen molar-refractivity contribution in [2.45, 2.75) is 12.2 Å². The van der Waals surface area contributed by atoms with Crippen LogP contribution in [0.5, 0.6) is 0 Å². The van der Waals surface area contributed by atoms with Gasteiger partial charge in [0.05, 0.1) is 38.3 Å². The van der Waals surface area contributed by atoms with Crippen molar-refractivity contribution in [2.24, 2.45) is 5.41 Å². The Kier molecular flexibility index (Phi) is 14.1. The van der Waals surface area contributed by atoms with Crippen LogP contribution in [0.2, 0.25) is 0 Å². The van der Waals surface area contributed by atoms with Gasteiger partial charge in [-0.2, -0.15) is 0 Å². The first-order chi connectivity index (χ1) is 11.9. The average Bonchev–Trinajstić information content (AvgIpc) is 2.63. The summed E-state index contributed by atoms with van der Waals surface area (Å²) in [5.74, 6) is 0.624. The number of carboxylic acids is 1. The summed E-state index contributed by atoms with van der Waals surface area (Å²) in [5.41, 5.74) is 0.119. The lowest BCUT2D eigenvalue weighted by Crippen LogP contribution is -2.37. The normalized spacial score (nSPS) is 10.7. The van der Waals surface area contributed by atoms with Crippen LogP contribution in [0, 0.1) is 5.41 Å². The molecule has 0 bridgehead atoms. The third kappa shape index (κ3) is 11.5. The molecule has 0 aliphatic rings. The molecule has 0 saturated carbocycles. The molecule has 25 heavy (non-hydrogen) atoms. The Morgan fingerprint density at radius 1 is 0.960 bits per heavy atom. The summed E-state index contributed by atoms with van der Waals surface area (Å²) in [6.45, 7) is -1.62. The van der Waals surface area contributed by atoms with Gasteiger partial charge < -0.3 is 25.5 Å². The first-order valence-corrected chi connectivity index (χ1v) is 9.79. The molecule has 0 saturated heterocycles. The zero-order chi connectivity index (χ0) is 19.1. The predicted molar refractivity (Wildman–Crippen MR) is 106 cm³/mol. The maximum Gasteiger partial charge on any atom is 0.304 e. The molecule has 0 aromatic heterocycles. The van der Waals surface area contributed by atoms with Crippen molar-refractivity contribution in [1.82, 2.24) is 0 Å². The van der Waals surface area contributed by atoms with E-state index < -0.39 is 37.8 Å². The molecule has 0 unspecified atom stereocenters. The first-order valence-electron chi connectivity index (χ1n) is 7.41. The Labute approximate surface area is 161 Å². The van der Waals surface area contributed by atoms with E-state index in [0.717, 1.165) is 9.28 Å². The highest BCUT2D eigenvalue weighted by molar-refractivity contribution is 8.46. The molecule has 0 fully saturated rings. The smallest absolute Gasteiger partial charge is 0.304 e. The molecule has 9 heteroatoms. The van der Waals surface area contributed by atoms with Gasteiger partial charge in [-0.15, -0.1) is 23.5 Å². The SMILES string of the molecule is O=C(O)CCSC(=S)SCc1ccccc1.OCC(CO)(CO)CO. The van der Waals surface area contributed by atoms with Crippen molar-refractivity contribution in [3.8, 4) is 0 Å². The second-order valence-electron chi connectivity index (χ2n) is 5.15. The quantitative estimate of drug-likeness (QED) is 0.386. The van der Waals surface area contributed by atoms with E-state index in [-0.39, 0.29) is 6.42 Å². The highest BCUT2D eigenvalue weighted by Crippen LogP contribution is 2.22. The standard InChI is InChI=1S/C11H12O2S3.C5H12O4/c12-10(13)6-7-15-11(14)16-8-9-4-2-1-3-5-9;6-1-5(2-7,3-8)4-9/h1-5H,6-8H2,(H,12,13);6-9H,1-4H2. The largest absolute Gasteiger partial charge is 0.481 e. The molecule has 0 radical (unpaired) electrons. The van der Waals surface area contributed by atoms with E-state index in [9.17, 15) is 4.79 Å². The molecule has 0 spiro atoms. The van der Waals surface area contributed by atoms with E-state index >= 15 is 0 Å². The second kappa shape index (κ2) is 14.5. The molecule has 1 aromatic rings. The van der Waals surface area contributed by atoms with Gasteiger partial charge in [0.1, 0.15) is 3.53 Å². The van der Waals surface area contributed by atoms with E-state index in [4.69, 9.17) is 37.8 Å². The Bertz CT molecular complexity index is 476. The van der Waals surface area contributed by atoms with Crippen LogP contribution in [0.3, 0.4) is 0 Å². The molecular weight excluding hydrogens is 384 g/mol. The van der Waals surface area contributed by atoms with Crippen LogP contribution in [0.15, 0.2) is 30.3 Å². The van der Waals surface area contributed by atoms with Crippen LogP contribution in [0.4, 0.5) is 0 Å². The molecule has 6 nitrogen and oxygen atoms in total. The highest BCUT2D eigenvalue weighted by Gasteiger charge is 2.26. The van der Waals surface area contributed by atoms with Crippen molar-refractivity contribution < 1.29 is 30.3 Å². The Balaban J connectivity index is 0.000000547. The third-order valence-corrected chi connectivity index (χ3v) is 5.85. The number of aliphatic hydroxyl groups is 4. The summed E-state index contributed by atoms with van der Waals surface area (Å²) in [4.78, 5) is 10.3. The number of rotatable bonds is 9. The van der Waals surface area contributed by atoms with Gasteiger partial charge in [0.25, 0.3) is 0 Å². The number of benzene rings is 1.